The van der Waals surface area contributed by atoms with Gasteiger partial charge in [-0.15, -0.1) is 0 Å². The minimum absolute atomic E-state index is 0.0149. The van der Waals surface area contributed by atoms with Gasteiger partial charge in [0.05, 0.1) is 19.8 Å². The van der Waals surface area contributed by atoms with Crippen LogP contribution in [-0.4, -0.2) is 66.2 Å². The van der Waals surface area contributed by atoms with E-state index in [1.54, 1.807) is 13.8 Å². The zero-order valence-electron chi connectivity index (χ0n) is 15.1. The monoisotopic (exact) mass is 368 g/mol. The van der Waals surface area contributed by atoms with Crippen molar-refractivity contribution in [2.24, 2.45) is 5.73 Å². The highest BCUT2D eigenvalue weighted by molar-refractivity contribution is 5.81. The van der Waals surface area contributed by atoms with Crippen LogP contribution in [0.3, 0.4) is 0 Å². The Morgan fingerprint density at radius 2 is 1.73 bits per heavy atom. The van der Waals surface area contributed by atoms with Crippen molar-refractivity contribution in [3.8, 4) is 0 Å². The van der Waals surface area contributed by atoms with Crippen LogP contribution in [0.4, 0.5) is 0 Å². The van der Waals surface area contributed by atoms with Crippen LogP contribution in [0.1, 0.15) is 19.4 Å². The molecule has 2 unspecified atom stereocenters. The second kappa shape index (κ2) is 11.6. The highest BCUT2D eigenvalue weighted by atomic mass is 16.5. The van der Waals surface area contributed by atoms with Crippen molar-refractivity contribution in [2.45, 2.75) is 44.6 Å². The first-order valence-electron chi connectivity index (χ1n) is 8.50. The van der Waals surface area contributed by atoms with Gasteiger partial charge in [0, 0.05) is 18.5 Å². The summed E-state index contributed by atoms with van der Waals surface area (Å²) in [5, 5.41) is 21.2. The zero-order chi connectivity index (χ0) is 19.5. The van der Waals surface area contributed by atoms with Gasteiger partial charge in [-0.1, -0.05) is 30.3 Å². The summed E-state index contributed by atoms with van der Waals surface area (Å²) in [7, 11) is 0. The van der Waals surface area contributed by atoms with Gasteiger partial charge >= 0.3 is 5.97 Å². The number of rotatable bonds is 12. The first-order valence-corrected chi connectivity index (χ1v) is 8.50. The number of aliphatic carboxylic acids is 1. The van der Waals surface area contributed by atoms with Crippen molar-refractivity contribution in [3.05, 3.63) is 35.9 Å². The van der Waals surface area contributed by atoms with E-state index in [9.17, 15) is 19.8 Å². The highest BCUT2D eigenvalue weighted by Crippen LogP contribution is 2.07. The predicted molar refractivity (Wildman–Crippen MR) is 95.6 cm³/mol. The van der Waals surface area contributed by atoms with E-state index >= 15 is 0 Å². The Hall–Kier alpha value is -2.00. The van der Waals surface area contributed by atoms with Crippen molar-refractivity contribution >= 4 is 11.9 Å². The van der Waals surface area contributed by atoms with E-state index in [2.05, 4.69) is 5.32 Å². The molecule has 8 nitrogen and oxygen atoms in total. The van der Waals surface area contributed by atoms with Crippen molar-refractivity contribution in [1.82, 2.24) is 5.32 Å². The van der Waals surface area contributed by atoms with Gasteiger partial charge in [0.1, 0.15) is 0 Å². The summed E-state index contributed by atoms with van der Waals surface area (Å²) in [6.45, 7) is 3.08. The van der Waals surface area contributed by atoms with E-state index in [1.165, 1.54) is 0 Å². The number of aliphatic hydroxyl groups excluding tert-OH is 1. The van der Waals surface area contributed by atoms with Gasteiger partial charge in [0.25, 0.3) is 5.91 Å². The first kappa shape index (κ1) is 22.0. The molecule has 1 aromatic rings. The maximum absolute atomic E-state index is 12.1. The summed E-state index contributed by atoms with van der Waals surface area (Å²) in [4.78, 5) is 23.4. The largest absolute Gasteiger partial charge is 0.479 e. The first-order chi connectivity index (χ1) is 12.3. The summed E-state index contributed by atoms with van der Waals surface area (Å²) < 4.78 is 10.7. The van der Waals surface area contributed by atoms with E-state index in [4.69, 9.17) is 15.2 Å². The lowest BCUT2D eigenvalue weighted by Gasteiger charge is -2.21. The molecule has 0 saturated heterocycles. The Morgan fingerprint density at radius 1 is 1.12 bits per heavy atom. The lowest BCUT2D eigenvalue weighted by Crippen LogP contribution is -2.46. The van der Waals surface area contributed by atoms with Crippen LogP contribution in [0, 0.1) is 0 Å². The maximum Gasteiger partial charge on any atom is 0.333 e. The minimum Gasteiger partial charge on any atom is -0.479 e. The van der Waals surface area contributed by atoms with Crippen LogP contribution >= 0.6 is 0 Å². The fraction of sp³-hybridized carbons (Fsp3) is 0.556. The van der Waals surface area contributed by atoms with E-state index in [-0.39, 0.29) is 25.7 Å². The third kappa shape index (κ3) is 8.39. The van der Waals surface area contributed by atoms with Crippen LogP contribution in [0.5, 0.6) is 0 Å². The summed E-state index contributed by atoms with van der Waals surface area (Å²) in [6, 6.07) is 8.45. The summed E-state index contributed by atoms with van der Waals surface area (Å²) >= 11 is 0. The van der Waals surface area contributed by atoms with Gasteiger partial charge in [0.15, 0.2) is 12.2 Å². The molecule has 5 N–H and O–H groups in total. The van der Waals surface area contributed by atoms with E-state index in [0.29, 0.717) is 0 Å². The van der Waals surface area contributed by atoms with Gasteiger partial charge in [-0.05, 0) is 19.4 Å². The van der Waals surface area contributed by atoms with Gasteiger partial charge in [0.2, 0.25) is 0 Å². The number of amides is 1. The molecule has 0 bridgehead atoms. The molecule has 0 aliphatic carbocycles. The highest BCUT2D eigenvalue weighted by Gasteiger charge is 2.23. The molecule has 0 aliphatic heterocycles. The molecule has 26 heavy (non-hydrogen) atoms. The van der Waals surface area contributed by atoms with Gasteiger partial charge in [-0.25, -0.2) is 4.79 Å². The Balaban J connectivity index is 2.47. The number of hydrogen-bond acceptors (Lipinski definition) is 6. The molecule has 1 amide bonds. The average Bonchev–Trinajstić information content (AvgIpc) is 2.59. The normalized spacial score (nSPS) is 15.7. The number of carboxylic acid groups (broad SMARTS) is 1. The van der Waals surface area contributed by atoms with Gasteiger partial charge in [-0.2, -0.15) is 0 Å². The molecular weight excluding hydrogens is 340 g/mol. The lowest BCUT2D eigenvalue weighted by atomic mass is 10.1. The number of carboxylic acids is 1. The Labute approximate surface area is 153 Å². The second-order valence-corrected chi connectivity index (χ2v) is 6.24. The number of carbonyl (C=O) groups is 2. The Bertz CT molecular complexity index is 552. The Kier molecular flexibility index (Phi) is 9.82. The third-order valence-electron chi connectivity index (χ3n) is 3.49. The van der Waals surface area contributed by atoms with Crippen molar-refractivity contribution in [2.75, 3.05) is 19.8 Å². The fourth-order valence-electron chi connectivity index (χ4n) is 2.16. The summed E-state index contributed by atoms with van der Waals surface area (Å²) in [5.41, 5.74) is 6.40. The molecule has 1 rings (SSSR count). The fourth-order valence-corrected chi connectivity index (χ4v) is 2.16. The quantitative estimate of drug-likeness (QED) is 0.406. The number of aliphatic hydroxyl groups is 1. The van der Waals surface area contributed by atoms with Crippen molar-refractivity contribution < 1.29 is 29.3 Å². The van der Waals surface area contributed by atoms with Gasteiger partial charge in [-0.3, -0.25) is 4.79 Å². The van der Waals surface area contributed by atoms with E-state index in [0.717, 1.165) is 5.56 Å². The second-order valence-electron chi connectivity index (χ2n) is 6.24. The molecule has 0 saturated carbocycles. The lowest BCUT2D eigenvalue weighted by molar-refractivity contribution is -0.150. The number of benzene rings is 1. The zero-order valence-corrected chi connectivity index (χ0v) is 15.1. The van der Waals surface area contributed by atoms with Crippen LogP contribution in [0.15, 0.2) is 30.3 Å². The molecule has 0 aliphatic rings. The molecule has 0 radical (unpaired) electrons. The maximum atomic E-state index is 12.1. The topological polar surface area (TPSA) is 131 Å². The van der Waals surface area contributed by atoms with Crippen molar-refractivity contribution in [1.29, 1.82) is 0 Å². The number of nitrogens with two attached hydrogens (primary N) is 1. The molecule has 1 aromatic carbocycles. The van der Waals surface area contributed by atoms with Crippen LogP contribution < -0.4 is 11.1 Å². The molecule has 0 heterocycles. The van der Waals surface area contributed by atoms with Gasteiger partial charge < -0.3 is 30.7 Å². The predicted octanol–water partition coefficient (Wildman–Crippen LogP) is -0.0717. The standard InChI is InChI=1S/C18H28N2O6/c1-12(19)10-25-16(9-21)17(22)20-13(2)11-26-15(18(23)24)8-14-6-4-3-5-7-14/h3-7,12-13,15-16,21H,8-11,19H2,1-2H3,(H,20,22)(H,23,24)/t12-,13-,15?,16?/m0/s1. The number of nitrogens with one attached hydrogen (secondary N) is 1. The molecular formula is C18H28N2O6. The number of carbonyl (C=O) groups excluding carboxylic acids is 1. The summed E-state index contributed by atoms with van der Waals surface area (Å²) in [6.07, 6.45) is -1.81. The Morgan fingerprint density at radius 3 is 2.27 bits per heavy atom. The third-order valence-corrected chi connectivity index (χ3v) is 3.49. The average molecular weight is 368 g/mol. The van der Waals surface area contributed by atoms with E-state index < -0.39 is 36.7 Å². The molecule has 0 fully saturated rings. The molecule has 0 aromatic heterocycles. The molecule has 146 valence electrons. The van der Waals surface area contributed by atoms with Crippen LogP contribution in [0.25, 0.3) is 0 Å². The number of ether oxygens (including phenoxy) is 2. The molecule has 4 atom stereocenters. The number of hydrogen-bond donors (Lipinski definition) is 4. The minimum atomic E-state index is -1.07. The smallest absolute Gasteiger partial charge is 0.333 e. The van der Waals surface area contributed by atoms with Crippen molar-refractivity contribution in [3.63, 3.8) is 0 Å². The van der Waals surface area contributed by atoms with E-state index in [1.807, 2.05) is 30.3 Å². The summed E-state index contributed by atoms with van der Waals surface area (Å²) in [5.74, 6) is -1.57. The SMILES string of the molecule is C[C@H](N)COC(CO)C(=O)N[C@@H](C)COC(Cc1ccccc1)C(=O)O. The molecule has 0 spiro atoms. The van der Waals surface area contributed by atoms with Crippen LogP contribution in [-0.2, 0) is 25.5 Å². The molecule has 8 heteroatoms. The van der Waals surface area contributed by atoms with Crippen LogP contribution in [0.2, 0.25) is 0 Å².